The van der Waals surface area contributed by atoms with Gasteiger partial charge in [-0.2, -0.15) is 0 Å². The van der Waals surface area contributed by atoms with Crippen molar-refractivity contribution in [3.63, 3.8) is 0 Å². The normalized spacial score (nSPS) is 36.8. The number of aliphatic hydroxyl groups is 2. The molecule has 0 aromatic heterocycles. The molecule has 1 rings (SSSR count). The van der Waals surface area contributed by atoms with E-state index in [-0.39, 0.29) is 19.1 Å². The fourth-order valence-corrected chi connectivity index (χ4v) is 1.22. The number of ether oxygens (including phenoxy) is 1. The summed E-state index contributed by atoms with van der Waals surface area (Å²) in [5.41, 5.74) is 0. The second kappa shape index (κ2) is 4.74. The molecule has 3 atom stereocenters. The third kappa shape index (κ3) is 3.04. The number of rotatable bonds is 3. The van der Waals surface area contributed by atoms with Crippen LogP contribution in [0.2, 0.25) is 0 Å². The molecule has 0 saturated carbocycles. The summed E-state index contributed by atoms with van der Waals surface area (Å²) in [5.74, 6) is 0. The monoisotopic (exact) mass is 178 g/mol. The Balaban J connectivity index is 2.24. The van der Waals surface area contributed by atoms with Crippen molar-refractivity contribution in [2.24, 2.45) is 0 Å². The van der Waals surface area contributed by atoms with Crippen LogP contribution in [0.3, 0.4) is 0 Å². The molecule has 1 saturated heterocycles. The molecule has 0 aromatic rings. The van der Waals surface area contributed by atoms with Crippen LogP contribution in [0.5, 0.6) is 0 Å². The van der Waals surface area contributed by atoms with E-state index in [1.165, 1.54) is 7.11 Å². The van der Waals surface area contributed by atoms with E-state index in [0.717, 1.165) is 0 Å². The molecule has 0 radical (unpaired) electrons. The third-order valence-corrected chi connectivity index (χ3v) is 1.73. The highest BCUT2D eigenvalue weighted by atomic mass is 17.2. The first-order chi connectivity index (χ1) is 5.72. The average molecular weight is 178 g/mol. The molecule has 0 spiro atoms. The van der Waals surface area contributed by atoms with Gasteiger partial charge in [0.25, 0.3) is 0 Å². The topological polar surface area (TPSA) is 68.2 Å². The lowest BCUT2D eigenvalue weighted by Gasteiger charge is -2.29. The zero-order chi connectivity index (χ0) is 8.97. The van der Waals surface area contributed by atoms with Crippen LogP contribution in [0.25, 0.3) is 0 Å². The Kier molecular flexibility index (Phi) is 3.90. The minimum atomic E-state index is -0.890. The van der Waals surface area contributed by atoms with Gasteiger partial charge < -0.3 is 14.9 Å². The third-order valence-electron chi connectivity index (χ3n) is 1.73. The molecule has 0 bridgehead atoms. The Morgan fingerprint density at radius 2 is 2.17 bits per heavy atom. The summed E-state index contributed by atoms with van der Waals surface area (Å²) < 4.78 is 5.05. The van der Waals surface area contributed by atoms with Crippen LogP contribution in [0.4, 0.5) is 0 Å². The van der Waals surface area contributed by atoms with Gasteiger partial charge in [-0.3, -0.25) is 0 Å². The molecule has 5 nitrogen and oxygen atoms in total. The Bertz CT molecular complexity index is 119. The molecule has 0 aromatic carbocycles. The molecule has 5 heteroatoms. The zero-order valence-electron chi connectivity index (χ0n) is 6.97. The zero-order valence-corrected chi connectivity index (χ0v) is 6.97. The fraction of sp³-hybridized carbons (Fsp3) is 1.00. The van der Waals surface area contributed by atoms with Crippen molar-refractivity contribution < 1.29 is 24.7 Å². The molecule has 1 heterocycles. The van der Waals surface area contributed by atoms with Crippen LogP contribution in [-0.2, 0) is 14.5 Å². The average Bonchev–Trinajstić information content (AvgIpc) is 1.99. The Labute approximate surface area is 70.8 Å². The fourth-order valence-electron chi connectivity index (χ4n) is 1.22. The van der Waals surface area contributed by atoms with Crippen molar-refractivity contribution in [2.75, 3.05) is 13.7 Å². The van der Waals surface area contributed by atoms with Crippen LogP contribution in [0.15, 0.2) is 0 Å². The highest BCUT2D eigenvalue weighted by molar-refractivity contribution is 4.71. The molecule has 1 fully saturated rings. The summed E-state index contributed by atoms with van der Waals surface area (Å²) in [4.78, 5) is 8.99. The molecule has 12 heavy (non-hydrogen) atoms. The lowest BCUT2D eigenvalue weighted by atomic mass is 10.1. The summed E-state index contributed by atoms with van der Waals surface area (Å²) >= 11 is 0. The molecular formula is C7H14O5. The van der Waals surface area contributed by atoms with Gasteiger partial charge in [0.05, 0.1) is 19.3 Å². The first-order valence-electron chi connectivity index (χ1n) is 3.89. The van der Waals surface area contributed by atoms with Crippen LogP contribution in [-0.4, -0.2) is 42.4 Å². The van der Waals surface area contributed by atoms with E-state index in [1.54, 1.807) is 0 Å². The van der Waals surface area contributed by atoms with Gasteiger partial charge in [-0.05, 0) is 0 Å². The molecule has 1 aliphatic rings. The van der Waals surface area contributed by atoms with E-state index in [4.69, 9.17) is 9.84 Å². The number of hydrogen-bond donors (Lipinski definition) is 2. The van der Waals surface area contributed by atoms with Crippen LogP contribution < -0.4 is 0 Å². The molecule has 0 aliphatic carbocycles. The first kappa shape index (κ1) is 9.88. The second-order valence-electron chi connectivity index (χ2n) is 2.79. The van der Waals surface area contributed by atoms with Gasteiger partial charge >= 0.3 is 0 Å². The lowest BCUT2D eigenvalue weighted by molar-refractivity contribution is -0.304. The van der Waals surface area contributed by atoms with Crippen LogP contribution in [0.1, 0.15) is 12.8 Å². The quantitative estimate of drug-likeness (QED) is 0.447. The largest absolute Gasteiger partial charge is 0.393 e. The molecule has 72 valence electrons. The second-order valence-corrected chi connectivity index (χ2v) is 2.79. The Hall–Kier alpha value is -0.200. The Morgan fingerprint density at radius 1 is 1.42 bits per heavy atom. The number of hydrogen-bond acceptors (Lipinski definition) is 5. The van der Waals surface area contributed by atoms with Gasteiger partial charge in [-0.25, -0.2) is 9.78 Å². The van der Waals surface area contributed by atoms with Gasteiger partial charge in [0.15, 0.2) is 6.29 Å². The van der Waals surface area contributed by atoms with E-state index in [2.05, 4.69) is 9.78 Å². The lowest BCUT2D eigenvalue weighted by Crippen LogP contribution is -2.37. The van der Waals surface area contributed by atoms with Crippen molar-refractivity contribution >= 4 is 0 Å². The molecule has 2 N–H and O–H groups in total. The highest BCUT2D eigenvalue weighted by Crippen LogP contribution is 2.18. The summed E-state index contributed by atoms with van der Waals surface area (Å²) in [5, 5.41) is 18.3. The van der Waals surface area contributed by atoms with Gasteiger partial charge in [-0.15, -0.1) is 0 Å². The van der Waals surface area contributed by atoms with Gasteiger partial charge in [0.1, 0.15) is 6.61 Å². The maximum Gasteiger partial charge on any atom is 0.157 e. The summed E-state index contributed by atoms with van der Waals surface area (Å²) in [6.07, 6.45) is -0.953. The molecule has 0 amide bonds. The SMILES string of the molecule is COOCC1CC(O)CC(O)O1. The van der Waals surface area contributed by atoms with Crippen LogP contribution in [0, 0.1) is 0 Å². The summed E-state index contributed by atoms with van der Waals surface area (Å²) in [7, 11) is 1.40. The maximum absolute atomic E-state index is 9.21. The van der Waals surface area contributed by atoms with Crippen molar-refractivity contribution in [3.05, 3.63) is 0 Å². The predicted molar refractivity (Wildman–Crippen MR) is 39.1 cm³/mol. The Morgan fingerprint density at radius 3 is 2.75 bits per heavy atom. The van der Waals surface area contributed by atoms with Crippen molar-refractivity contribution in [2.45, 2.75) is 31.3 Å². The van der Waals surface area contributed by atoms with E-state index in [1.807, 2.05) is 0 Å². The van der Waals surface area contributed by atoms with Crippen molar-refractivity contribution in [1.82, 2.24) is 0 Å². The molecular weight excluding hydrogens is 164 g/mol. The van der Waals surface area contributed by atoms with Crippen LogP contribution >= 0.6 is 0 Å². The van der Waals surface area contributed by atoms with Crippen molar-refractivity contribution in [3.8, 4) is 0 Å². The summed E-state index contributed by atoms with van der Waals surface area (Å²) in [6.45, 7) is 0.227. The van der Waals surface area contributed by atoms with Gasteiger partial charge in [-0.1, -0.05) is 0 Å². The number of aliphatic hydroxyl groups excluding tert-OH is 2. The minimum Gasteiger partial charge on any atom is -0.393 e. The predicted octanol–water partition coefficient (Wildman–Crippen LogP) is -0.577. The standard InChI is InChI=1S/C7H14O5/c1-10-11-4-6-2-5(8)3-7(9)12-6/h5-9H,2-4H2,1H3. The van der Waals surface area contributed by atoms with Gasteiger partial charge in [0.2, 0.25) is 0 Å². The highest BCUT2D eigenvalue weighted by Gasteiger charge is 2.27. The molecule has 1 aliphatic heterocycles. The smallest absolute Gasteiger partial charge is 0.157 e. The van der Waals surface area contributed by atoms with E-state index < -0.39 is 12.4 Å². The van der Waals surface area contributed by atoms with Crippen molar-refractivity contribution in [1.29, 1.82) is 0 Å². The van der Waals surface area contributed by atoms with E-state index in [0.29, 0.717) is 6.42 Å². The van der Waals surface area contributed by atoms with E-state index >= 15 is 0 Å². The minimum absolute atomic E-state index is 0.227. The van der Waals surface area contributed by atoms with Gasteiger partial charge in [0, 0.05) is 12.8 Å². The molecule has 3 unspecified atom stereocenters. The van der Waals surface area contributed by atoms with E-state index in [9.17, 15) is 5.11 Å². The summed E-state index contributed by atoms with van der Waals surface area (Å²) in [6, 6.07) is 0. The maximum atomic E-state index is 9.21. The first-order valence-corrected chi connectivity index (χ1v) is 3.89.